The van der Waals surface area contributed by atoms with Crippen molar-refractivity contribution < 1.29 is 4.79 Å². The van der Waals surface area contributed by atoms with E-state index in [0.29, 0.717) is 16.5 Å². The third kappa shape index (κ3) is 3.34. The zero-order valence-electron chi connectivity index (χ0n) is 14.1. The Morgan fingerprint density at radius 1 is 1.50 bits per heavy atom. The Bertz CT molecular complexity index is 1020. The lowest BCUT2D eigenvalue weighted by molar-refractivity contribution is -0.113. The second-order valence-corrected chi connectivity index (χ2v) is 9.29. The maximum atomic E-state index is 12.4. The molecule has 0 saturated heterocycles. The Balaban J connectivity index is 1.47. The van der Waals surface area contributed by atoms with E-state index in [4.69, 9.17) is 0 Å². The summed E-state index contributed by atoms with van der Waals surface area (Å²) in [6, 6.07) is 4.26. The van der Waals surface area contributed by atoms with Crippen molar-refractivity contribution in [2.45, 2.75) is 31.2 Å². The number of nitrogens with zero attached hydrogens (tertiary/aromatic N) is 3. The summed E-state index contributed by atoms with van der Waals surface area (Å²) in [5.41, 5.74) is 1.78. The summed E-state index contributed by atoms with van der Waals surface area (Å²) >= 11 is 4.51. The van der Waals surface area contributed by atoms with Gasteiger partial charge in [0, 0.05) is 10.3 Å². The molecule has 0 unspecified atom stereocenters. The summed E-state index contributed by atoms with van der Waals surface area (Å²) in [5, 5.41) is 16.9. The van der Waals surface area contributed by atoms with Crippen LogP contribution in [-0.2, 0) is 17.6 Å². The van der Waals surface area contributed by atoms with Crippen molar-refractivity contribution in [1.29, 1.82) is 5.26 Å². The molecule has 0 radical (unpaired) electrons. The highest BCUT2D eigenvalue weighted by molar-refractivity contribution is 8.00. The summed E-state index contributed by atoms with van der Waals surface area (Å²) in [7, 11) is 0. The van der Waals surface area contributed by atoms with Crippen LogP contribution in [0.1, 0.15) is 29.3 Å². The Labute approximate surface area is 163 Å². The lowest BCUT2D eigenvalue weighted by atomic mass is 9.89. The van der Waals surface area contributed by atoms with E-state index in [-0.39, 0.29) is 11.7 Å². The lowest BCUT2D eigenvalue weighted by Crippen LogP contribution is -2.14. The van der Waals surface area contributed by atoms with Gasteiger partial charge in [0.2, 0.25) is 5.91 Å². The maximum Gasteiger partial charge on any atom is 0.235 e. The first-order valence-corrected chi connectivity index (χ1v) is 11.0. The predicted octanol–water partition coefficient (Wildman–Crippen LogP) is 4.48. The van der Waals surface area contributed by atoms with Crippen LogP contribution < -0.4 is 5.32 Å². The highest BCUT2D eigenvalue weighted by Gasteiger charge is 2.24. The average molecular weight is 401 g/mol. The van der Waals surface area contributed by atoms with Crippen molar-refractivity contribution in [3.63, 3.8) is 0 Å². The summed E-state index contributed by atoms with van der Waals surface area (Å²) in [6.45, 7) is 2.23. The predicted molar refractivity (Wildman–Crippen MR) is 107 cm³/mol. The van der Waals surface area contributed by atoms with E-state index in [2.05, 4.69) is 28.3 Å². The van der Waals surface area contributed by atoms with Gasteiger partial charge in [-0.1, -0.05) is 18.7 Å². The third-order valence-corrected chi connectivity index (χ3v) is 7.44. The number of thioether (sulfide) groups is 1. The number of thiophene rings is 2. The number of hydrogen-bond donors (Lipinski definition) is 1. The molecular formula is C18H16N4OS3. The van der Waals surface area contributed by atoms with Gasteiger partial charge in [0.1, 0.15) is 27.3 Å². The van der Waals surface area contributed by atoms with Crippen molar-refractivity contribution in [2.75, 3.05) is 11.1 Å². The topological polar surface area (TPSA) is 78.7 Å². The van der Waals surface area contributed by atoms with Gasteiger partial charge < -0.3 is 5.32 Å². The summed E-state index contributed by atoms with van der Waals surface area (Å²) in [6.07, 6.45) is 4.56. The number of hydrogen-bond acceptors (Lipinski definition) is 7. The molecule has 132 valence electrons. The number of carbonyl (C=O) groups excluding carboxylic acids is 1. The minimum atomic E-state index is -0.111. The summed E-state index contributed by atoms with van der Waals surface area (Å²) in [4.78, 5) is 23.1. The molecule has 0 aromatic carbocycles. The Hall–Kier alpha value is -1.95. The van der Waals surface area contributed by atoms with E-state index in [0.717, 1.165) is 40.1 Å². The Morgan fingerprint density at radius 2 is 2.38 bits per heavy atom. The van der Waals surface area contributed by atoms with Gasteiger partial charge in [-0.15, -0.1) is 22.7 Å². The monoisotopic (exact) mass is 400 g/mol. The maximum absolute atomic E-state index is 12.4. The molecule has 0 fully saturated rings. The number of aromatic nitrogens is 2. The van der Waals surface area contributed by atoms with Crippen molar-refractivity contribution >= 4 is 55.6 Å². The quantitative estimate of drug-likeness (QED) is 0.516. The molecule has 0 aliphatic heterocycles. The fourth-order valence-electron chi connectivity index (χ4n) is 3.14. The second-order valence-electron chi connectivity index (χ2n) is 6.32. The highest BCUT2D eigenvalue weighted by Crippen LogP contribution is 2.39. The molecule has 5 nitrogen and oxygen atoms in total. The first-order valence-electron chi connectivity index (χ1n) is 8.31. The fourth-order valence-corrected chi connectivity index (χ4v) is 6.09. The largest absolute Gasteiger partial charge is 0.316 e. The fraction of sp³-hybridized carbons (Fsp3) is 0.333. The van der Waals surface area contributed by atoms with E-state index in [1.54, 1.807) is 22.7 Å². The molecule has 1 N–H and O–H groups in total. The van der Waals surface area contributed by atoms with Gasteiger partial charge in [-0.05, 0) is 42.2 Å². The van der Waals surface area contributed by atoms with Crippen LogP contribution in [0.15, 0.2) is 22.8 Å². The standard InChI is InChI=1S/C18H16N4OS3/c1-10-2-3-11-13(7-19)18(26-14(11)6-10)22-15(23)8-25-17-12-4-5-24-16(12)20-9-21-17/h4-5,9-10H,2-3,6,8H2,1H3,(H,22,23)/t10-/m1/s1. The van der Waals surface area contributed by atoms with Crippen molar-refractivity contribution in [3.8, 4) is 6.07 Å². The number of rotatable bonds is 4. The molecule has 0 saturated carbocycles. The van der Waals surface area contributed by atoms with Gasteiger partial charge in [-0.3, -0.25) is 4.79 Å². The minimum Gasteiger partial charge on any atom is -0.316 e. The number of anilines is 1. The summed E-state index contributed by atoms with van der Waals surface area (Å²) < 4.78 is 0. The van der Waals surface area contributed by atoms with Crippen LogP contribution in [0.2, 0.25) is 0 Å². The molecule has 3 heterocycles. The van der Waals surface area contributed by atoms with Crippen LogP contribution in [0.5, 0.6) is 0 Å². The van der Waals surface area contributed by atoms with Crippen LogP contribution in [0.25, 0.3) is 10.2 Å². The van der Waals surface area contributed by atoms with Crippen molar-refractivity contribution in [2.24, 2.45) is 5.92 Å². The Kier molecular flexibility index (Phi) is 4.94. The normalized spacial score (nSPS) is 16.2. The molecule has 26 heavy (non-hydrogen) atoms. The van der Waals surface area contributed by atoms with Crippen LogP contribution in [0.4, 0.5) is 5.00 Å². The van der Waals surface area contributed by atoms with Crippen LogP contribution in [0, 0.1) is 17.2 Å². The molecule has 3 aromatic rings. The van der Waals surface area contributed by atoms with E-state index in [1.807, 2.05) is 11.4 Å². The molecule has 1 amide bonds. The number of nitrogens with one attached hydrogen (secondary N) is 1. The van der Waals surface area contributed by atoms with Crippen molar-refractivity contribution in [1.82, 2.24) is 9.97 Å². The molecule has 0 bridgehead atoms. The average Bonchev–Trinajstić information content (AvgIpc) is 3.23. The highest BCUT2D eigenvalue weighted by atomic mass is 32.2. The van der Waals surface area contributed by atoms with Crippen LogP contribution in [0.3, 0.4) is 0 Å². The number of amides is 1. The first-order chi connectivity index (χ1) is 12.7. The van der Waals surface area contributed by atoms with Crippen LogP contribution in [-0.4, -0.2) is 21.6 Å². The Morgan fingerprint density at radius 3 is 3.23 bits per heavy atom. The van der Waals surface area contributed by atoms with E-state index in [9.17, 15) is 10.1 Å². The molecule has 4 rings (SSSR count). The molecule has 1 aliphatic rings. The third-order valence-electron chi connectivity index (χ3n) is 4.44. The zero-order chi connectivity index (χ0) is 18.1. The number of nitriles is 1. The molecule has 0 spiro atoms. The van der Waals surface area contributed by atoms with Gasteiger partial charge in [-0.2, -0.15) is 5.26 Å². The van der Waals surface area contributed by atoms with Crippen LogP contribution >= 0.6 is 34.4 Å². The van der Waals surface area contributed by atoms with E-state index in [1.165, 1.54) is 23.0 Å². The molecule has 8 heteroatoms. The van der Waals surface area contributed by atoms with E-state index < -0.39 is 0 Å². The minimum absolute atomic E-state index is 0.111. The van der Waals surface area contributed by atoms with Gasteiger partial charge in [-0.25, -0.2) is 9.97 Å². The molecule has 1 atom stereocenters. The smallest absolute Gasteiger partial charge is 0.235 e. The molecular weight excluding hydrogens is 384 g/mol. The van der Waals surface area contributed by atoms with Gasteiger partial charge in [0.25, 0.3) is 0 Å². The van der Waals surface area contributed by atoms with Gasteiger partial charge in [0.15, 0.2) is 0 Å². The van der Waals surface area contributed by atoms with Gasteiger partial charge >= 0.3 is 0 Å². The number of carbonyl (C=O) groups is 1. The molecule has 3 aromatic heterocycles. The van der Waals surface area contributed by atoms with Crippen molar-refractivity contribution in [3.05, 3.63) is 33.8 Å². The zero-order valence-corrected chi connectivity index (χ0v) is 16.6. The van der Waals surface area contributed by atoms with E-state index >= 15 is 0 Å². The number of fused-ring (bicyclic) bond motifs is 2. The molecule has 1 aliphatic carbocycles. The lowest BCUT2D eigenvalue weighted by Gasteiger charge is -2.17. The SMILES string of the molecule is C[C@@H]1CCc2c(sc(NC(=O)CSc3ncnc4sccc34)c2C#N)C1. The van der Waals surface area contributed by atoms with Gasteiger partial charge in [0.05, 0.1) is 11.3 Å². The summed E-state index contributed by atoms with van der Waals surface area (Å²) in [5.74, 6) is 0.781. The second kappa shape index (κ2) is 7.35. The first kappa shape index (κ1) is 17.5.